The molecule has 2 rings (SSSR count). The summed E-state index contributed by atoms with van der Waals surface area (Å²) in [5.74, 6) is 1.52. The van der Waals surface area contributed by atoms with Gasteiger partial charge in [-0.15, -0.1) is 0 Å². The van der Waals surface area contributed by atoms with Crippen LogP contribution in [0.1, 0.15) is 20.3 Å². The second-order valence-electron chi connectivity index (χ2n) is 5.16. The lowest BCUT2D eigenvalue weighted by Crippen LogP contribution is -2.41. The number of para-hydroxylation sites is 2. The maximum atomic E-state index is 11.7. The molecule has 0 aromatic heterocycles. The monoisotopic (exact) mass is 278 g/mol. The fourth-order valence-electron chi connectivity index (χ4n) is 1.95. The second-order valence-corrected chi connectivity index (χ2v) is 5.16. The predicted octanol–water partition coefficient (Wildman–Crippen LogP) is 1.33. The van der Waals surface area contributed by atoms with Gasteiger partial charge in [0.1, 0.15) is 12.7 Å². The van der Waals surface area contributed by atoms with Crippen LogP contribution in [0.5, 0.6) is 11.5 Å². The fraction of sp³-hybridized carbons (Fsp3) is 0.533. The van der Waals surface area contributed by atoms with E-state index in [4.69, 9.17) is 9.47 Å². The number of carbonyl (C=O) groups is 1. The summed E-state index contributed by atoms with van der Waals surface area (Å²) in [5.41, 5.74) is 0. The molecule has 1 aliphatic rings. The van der Waals surface area contributed by atoms with Crippen LogP contribution in [0.2, 0.25) is 0 Å². The van der Waals surface area contributed by atoms with Gasteiger partial charge in [-0.2, -0.15) is 0 Å². The van der Waals surface area contributed by atoms with Crippen molar-refractivity contribution in [3.05, 3.63) is 24.3 Å². The van der Waals surface area contributed by atoms with Gasteiger partial charge in [-0.1, -0.05) is 26.0 Å². The number of fused-ring (bicyclic) bond motifs is 1. The zero-order chi connectivity index (χ0) is 14.4. The summed E-state index contributed by atoms with van der Waals surface area (Å²) in [6.45, 7) is 5.73. The maximum absolute atomic E-state index is 11.7. The predicted molar refractivity (Wildman–Crippen MR) is 77.1 cm³/mol. The minimum absolute atomic E-state index is 0.0283. The van der Waals surface area contributed by atoms with Crippen molar-refractivity contribution >= 4 is 5.91 Å². The molecule has 1 amide bonds. The molecule has 0 fully saturated rings. The molecular weight excluding hydrogens is 256 g/mol. The van der Waals surface area contributed by atoms with E-state index in [1.165, 1.54) is 0 Å². The molecule has 20 heavy (non-hydrogen) atoms. The highest BCUT2D eigenvalue weighted by atomic mass is 16.6. The van der Waals surface area contributed by atoms with Gasteiger partial charge in [-0.25, -0.2) is 0 Å². The zero-order valence-corrected chi connectivity index (χ0v) is 12.0. The third kappa shape index (κ3) is 4.42. The lowest BCUT2D eigenvalue weighted by Gasteiger charge is -2.26. The molecule has 0 bridgehead atoms. The molecule has 5 heteroatoms. The third-order valence-corrected chi connectivity index (χ3v) is 3.00. The SMILES string of the molecule is CC(C)NCCC(=O)NCC1COc2ccccc2O1. The number of carbonyl (C=O) groups excluding carboxylic acids is 1. The van der Waals surface area contributed by atoms with E-state index in [0.29, 0.717) is 32.2 Å². The molecule has 1 unspecified atom stereocenters. The highest BCUT2D eigenvalue weighted by molar-refractivity contribution is 5.76. The maximum Gasteiger partial charge on any atom is 0.221 e. The summed E-state index contributed by atoms with van der Waals surface area (Å²) in [6, 6.07) is 7.96. The summed E-state index contributed by atoms with van der Waals surface area (Å²) >= 11 is 0. The van der Waals surface area contributed by atoms with Gasteiger partial charge < -0.3 is 20.1 Å². The summed E-state index contributed by atoms with van der Waals surface area (Å²) < 4.78 is 11.4. The van der Waals surface area contributed by atoms with Gasteiger partial charge in [0.25, 0.3) is 0 Å². The molecule has 1 heterocycles. The van der Waals surface area contributed by atoms with Gasteiger partial charge >= 0.3 is 0 Å². The Morgan fingerprint density at radius 3 is 2.85 bits per heavy atom. The minimum atomic E-state index is -0.132. The van der Waals surface area contributed by atoms with Gasteiger partial charge in [0.15, 0.2) is 11.5 Å². The van der Waals surface area contributed by atoms with Crippen molar-refractivity contribution in [1.29, 1.82) is 0 Å². The Labute approximate surface area is 119 Å². The van der Waals surface area contributed by atoms with E-state index in [1.54, 1.807) is 0 Å². The number of nitrogens with one attached hydrogen (secondary N) is 2. The second kappa shape index (κ2) is 7.14. The van der Waals surface area contributed by atoms with Crippen LogP contribution < -0.4 is 20.1 Å². The van der Waals surface area contributed by atoms with Gasteiger partial charge in [0, 0.05) is 19.0 Å². The molecule has 0 saturated carbocycles. The number of amides is 1. The molecule has 1 aromatic carbocycles. The molecule has 1 aromatic rings. The molecule has 0 saturated heterocycles. The van der Waals surface area contributed by atoms with E-state index in [-0.39, 0.29) is 12.0 Å². The van der Waals surface area contributed by atoms with Crippen LogP contribution in [0.4, 0.5) is 0 Å². The molecular formula is C15H22N2O3. The van der Waals surface area contributed by atoms with Crippen LogP contribution in [-0.4, -0.2) is 37.7 Å². The Morgan fingerprint density at radius 1 is 1.35 bits per heavy atom. The first-order valence-corrected chi connectivity index (χ1v) is 7.03. The standard InChI is InChI=1S/C15H22N2O3/c1-11(2)16-8-7-15(18)17-9-12-10-19-13-5-3-4-6-14(13)20-12/h3-6,11-12,16H,7-10H2,1-2H3,(H,17,18). The summed E-state index contributed by atoms with van der Waals surface area (Å²) in [7, 11) is 0. The molecule has 5 nitrogen and oxygen atoms in total. The lowest BCUT2D eigenvalue weighted by atomic mass is 10.2. The van der Waals surface area contributed by atoms with Crippen molar-refractivity contribution in [2.75, 3.05) is 19.7 Å². The topological polar surface area (TPSA) is 59.6 Å². The van der Waals surface area contributed by atoms with Crippen LogP contribution in [0.15, 0.2) is 24.3 Å². The number of rotatable bonds is 6. The number of hydrogen-bond acceptors (Lipinski definition) is 4. The van der Waals surface area contributed by atoms with Crippen molar-refractivity contribution in [1.82, 2.24) is 10.6 Å². The highest BCUT2D eigenvalue weighted by Crippen LogP contribution is 2.30. The largest absolute Gasteiger partial charge is 0.486 e. The molecule has 0 aliphatic carbocycles. The van der Waals surface area contributed by atoms with Crippen molar-refractivity contribution in [3.63, 3.8) is 0 Å². The quantitative estimate of drug-likeness (QED) is 0.824. The highest BCUT2D eigenvalue weighted by Gasteiger charge is 2.20. The van der Waals surface area contributed by atoms with Crippen molar-refractivity contribution < 1.29 is 14.3 Å². The van der Waals surface area contributed by atoms with E-state index in [0.717, 1.165) is 11.5 Å². The van der Waals surface area contributed by atoms with Crippen molar-refractivity contribution in [2.24, 2.45) is 0 Å². The van der Waals surface area contributed by atoms with Crippen LogP contribution in [0.25, 0.3) is 0 Å². The van der Waals surface area contributed by atoms with Gasteiger partial charge in [0.2, 0.25) is 5.91 Å². The molecule has 110 valence electrons. The van der Waals surface area contributed by atoms with Crippen LogP contribution >= 0.6 is 0 Å². The van der Waals surface area contributed by atoms with Gasteiger partial charge in [-0.05, 0) is 12.1 Å². The first kappa shape index (κ1) is 14.7. The number of hydrogen-bond donors (Lipinski definition) is 2. The Kier molecular flexibility index (Phi) is 5.24. The Balaban J connectivity index is 1.69. The molecule has 1 atom stereocenters. The fourth-order valence-corrected chi connectivity index (χ4v) is 1.95. The van der Waals surface area contributed by atoms with E-state index in [2.05, 4.69) is 24.5 Å². The normalized spacial score (nSPS) is 17.1. The first-order valence-electron chi connectivity index (χ1n) is 7.03. The van der Waals surface area contributed by atoms with Crippen LogP contribution in [0.3, 0.4) is 0 Å². The zero-order valence-electron chi connectivity index (χ0n) is 12.0. The number of ether oxygens (including phenoxy) is 2. The molecule has 0 radical (unpaired) electrons. The summed E-state index contributed by atoms with van der Waals surface area (Å²) in [6.07, 6.45) is 0.342. The van der Waals surface area contributed by atoms with Crippen molar-refractivity contribution in [3.8, 4) is 11.5 Å². The average Bonchev–Trinajstić information content (AvgIpc) is 2.44. The smallest absolute Gasteiger partial charge is 0.221 e. The minimum Gasteiger partial charge on any atom is -0.486 e. The first-order chi connectivity index (χ1) is 9.65. The van der Waals surface area contributed by atoms with Crippen LogP contribution in [0, 0.1) is 0 Å². The summed E-state index contributed by atoms with van der Waals surface area (Å²) in [5, 5.41) is 6.08. The number of benzene rings is 1. The van der Waals surface area contributed by atoms with Crippen LogP contribution in [-0.2, 0) is 4.79 Å². The molecule has 1 aliphatic heterocycles. The average molecular weight is 278 g/mol. The Hall–Kier alpha value is -1.75. The van der Waals surface area contributed by atoms with E-state index >= 15 is 0 Å². The molecule has 0 spiro atoms. The van der Waals surface area contributed by atoms with E-state index < -0.39 is 0 Å². The van der Waals surface area contributed by atoms with Gasteiger partial charge in [0.05, 0.1) is 6.54 Å². The van der Waals surface area contributed by atoms with Gasteiger partial charge in [-0.3, -0.25) is 4.79 Å². The van der Waals surface area contributed by atoms with E-state index in [9.17, 15) is 4.79 Å². The Bertz CT molecular complexity index is 448. The third-order valence-electron chi connectivity index (χ3n) is 3.00. The molecule has 2 N–H and O–H groups in total. The Morgan fingerprint density at radius 2 is 2.10 bits per heavy atom. The summed E-state index contributed by atoms with van der Waals surface area (Å²) in [4.78, 5) is 11.7. The lowest BCUT2D eigenvalue weighted by molar-refractivity contribution is -0.121. The van der Waals surface area contributed by atoms with Crippen molar-refractivity contribution in [2.45, 2.75) is 32.4 Å². The van der Waals surface area contributed by atoms with E-state index in [1.807, 2.05) is 24.3 Å².